The van der Waals surface area contributed by atoms with Crippen molar-refractivity contribution in [1.29, 1.82) is 0 Å². The first-order chi connectivity index (χ1) is 8.20. The topological polar surface area (TPSA) is 16.1 Å². The minimum Gasteiger partial charge on any atom is -0.342 e. The Morgan fingerprint density at radius 1 is 1.12 bits per heavy atom. The first-order valence-corrected chi connectivity index (χ1v) is 5.35. The molecule has 88 valence electrons. The number of aromatic nitrogens is 1. The van der Waals surface area contributed by atoms with Crippen molar-refractivity contribution >= 4 is 11.4 Å². The molecule has 0 saturated heterocycles. The third kappa shape index (κ3) is 2.58. The average Bonchev–Trinajstić information content (AvgIpc) is 2.30. The van der Waals surface area contributed by atoms with Crippen LogP contribution in [-0.4, -0.2) is 11.5 Å². The Morgan fingerprint density at radius 2 is 1.88 bits per heavy atom. The normalized spacial score (nSPS) is 10.3. The molecule has 0 bridgehead atoms. The minimum absolute atomic E-state index is 0.310. The zero-order chi connectivity index (χ0) is 12.3. The van der Waals surface area contributed by atoms with Crippen molar-refractivity contribution in [2.75, 3.05) is 11.4 Å². The molecule has 0 unspecified atom stereocenters. The Bertz CT molecular complexity index is 469. The van der Waals surface area contributed by atoms with Crippen molar-refractivity contribution in [2.24, 2.45) is 0 Å². The van der Waals surface area contributed by atoms with Gasteiger partial charge in [0.05, 0.1) is 0 Å². The molecule has 0 saturated carbocycles. The van der Waals surface area contributed by atoms with E-state index in [-0.39, 0.29) is 5.82 Å². The van der Waals surface area contributed by atoms with Crippen LogP contribution in [0.1, 0.15) is 6.92 Å². The van der Waals surface area contributed by atoms with Gasteiger partial charge in [0.25, 0.3) is 0 Å². The molecule has 0 aliphatic carbocycles. The molecule has 0 N–H and O–H groups in total. The van der Waals surface area contributed by atoms with E-state index in [1.165, 1.54) is 24.4 Å². The van der Waals surface area contributed by atoms with Gasteiger partial charge >= 0.3 is 0 Å². The maximum Gasteiger partial charge on any atom is 0.214 e. The molecule has 17 heavy (non-hydrogen) atoms. The summed E-state index contributed by atoms with van der Waals surface area (Å²) in [5.74, 6) is -0.854. The van der Waals surface area contributed by atoms with Gasteiger partial charge in [-0.25, -0.2) is 9.37 Å². The van der Waals surface area contributed by atoms with Gasteiger partial charge < -0.3 is 4.90 Å². The second-order valence-electron chi connectivity index (χ2n) is 3.56. The second kappa shape index (κ2) is 4.91. The largest absolute Gasteiger partial charge is 0.342 e. The van der Waals surface area contributed by atoms with Crippen molar-refractivity contribution in [3.8, 4) is 0 Å². The van der Waals surface area contributed by atoms with Gasteiger partial charge in [-0.05, 0) is 31.2 Å². The van der Waals surface area contributed by atoms with Crippen LogP contribution in [0.5, 0.6) is 0 Å². The Morgan fingerprint density at radius 3 is 2.53 bits per heavy atom. The van der Waals surface area contributed by atoms with Gasteiger partial charge in [-0.1, -0.05) is 6.07 Å². The van der Waals surface area contributed by atoms with E-state index in [4.69, 9.17) is 0 Å². The maximum absolute atomic E-state index is 13.1. The van der Waals surface area contributed by atoms with E-state index in [1.54, 1.807) is 18.2 Å². The summed E-state index contributed by atoms with van der Waals surface area (Å²) in [6.07, 6.45) is 1.40. The highest BCUT2D eigenvalue weighted by atomic mass is 19.1. The SMILES string of the molecule is CCN(c1cccc(F)c1)c1ccnc(F)c1. The molecule has 0 aliphatic heterocycles. The van der Waals surface area contributed by atoms with E-state index in [0.717, 1.165) is 0 Å². The number of pyridine rings is 1. The first-order valence-electron chi connectivity index (χ1n) is 5.35. The maximum atomic E-state index is 13.1. The highest BCUT2D eigenvalue weighted by Gasteiger charge is 2.08. The highest BCUT2D eigenvalue weighted by Crippen LogP contribution is 2.25. The molecule has 0 fully saturated rings. The van der Waals surface area contributed by atoms with Crippen LogP contribution in [-0.2, 0) is 0 Å². The van der Waals surface area contributed by atoms with Gasteiger partial charge in [0.1, 0.15) is 5.82 Å². The fourth-order valence-corrected chi connectivity index (χ4v) is 1.72. The van der Waals surface area contributed by atoms with E-state index in [0.29, 0.717) is 17.9 Å². The van der Waals surface area contributed by atoms with Gasteiger partial charge in [0.2, 0.25) is 5.95 Å². The summed E-state index contributed by atoms with van der Waals surface area (Å²) in [5, 5.41) is 0. The summed E-state index contributed by atoms with van der Waals surface area (Å²) in [6.45, 7) is 2.54. The highest BCUT2D eigenvalue weighted by molar-refractivity contribution is 5.62. The quantitative estimate of drug-likeness (QED) is 0.755. The Balaban J connectivity index is 2.40. The molecular weight excluding hydrogens is 222 g/mol. The second-order valence-corrected chi connectivity index (χ2v) is 3.56. The van der Waals surface area contributed by atoms with E-state index in [1.807, 2.05) is 11.8 Å². The molecule has 1 aromatic heterocycles. The lowest BCUT2D eigenvalue weighted by Gasteiger charge is -2.23. The fraction of sp³-hybridized carbons (Fsp3) is 0.154. The van der Waals surface area contributed by atoms with Gasteiger partial charge in [-0.2, -0.15) is 4.39 Å². The number of anilines is 2. The van der Waals surface area contributed by atoms with E-state index < -0.39 is 5.95 Å². The third-order valence-corrected chi connectivity index (χ3v) is 2.46. The lowest BCUT2D eigenvalue weighted by Crippen LogP contribution is -2.16. The van der Waals surface area contributed by atoms with Crippen LogP contribution >= 0.6 is 0 Å². The van der Waals surface area contributed by atoms with Crippen molar-refractivity contribution in [1.82, 2.24) is 4.98 Å². The van der Waals surface area contributed by atoms with Gasteiger partial charge in [0.15, 0.2) is 0 Å². The number of nitrogens with zero attached hydrogens (tertiary/aromatic N) is 2. The van der Waals surface area contributed by atoms with Crippen molar-refractivity contribution in [3.63, 3.8) is 0 Å². The predicted octanol–water partition coefficient (Wildman–Crippen LogP) is 3.52. The molecule has 0 spiro atoms. The van der Waals surface area contributed by atoms with E-state index in [9.17, 15) is 8.78 Å². The molecule has 0 amide bonds. The molecule has 0 radical (unpaired) electrons. The predicted molar refractivity (Wildman–Crippen MR) is 63.3 cm³/mol. The molecular formula is C13H12F2N2. The molecule has 0 aliphatic rings. The van der Waals surface area contributed by atoms with Gasteiger partial charge in [0, 0.05) is 30.2 Å². The lowest BCUT2D eigenvalue weighted by molar-refractivity contribution is 0.583. The van der Waals surface area contributed by atoms with Crippen molar-refractivity contribution in [3.05, 3.63) is 54.4 Å². The summed E-state index contributed by atoms with van der Waals surface area (Å²) in [5.41, 5.74) is 1.35. The summed E-state index contributed by atoms with van der Waals surface area (Å²) in [4.78, 5) is 5.31. The van der Waals surface area contributed by atoms with Crippen LogP contribution in [0.15, 0.2) is 42.6 Å². The van der Waals surface area contributed by atoms with Gasteiger partial charge in [-0.15, -0.1) is 0 Å². The number of halogens is 2. The molecule has 1 aromatic carbocycles. The molecule has 4 heteroatoms. The van der Waals surface area contributed by atoms with Crippen LogP contribution in [0.3, 0.4) is 0 Å². The third-order valence-electron chi connectivity index (χ3n) is 2.46. The summed E-state index contributed by atoms with van der Waals surface area (Å²) < 4.78 is 26.2. The van der Waals surface area contributed by atoms with Crippen molar-refractivity contribution < 1.29 is 8.78 Å². The first kappa shape index (κ1) is 11.5. The smallest absolute Gasteiger partial charge is 0.214 e. The average molecular weight is 234 g/mol. The molecule has 2 aromatic rings. The number of rotatable bonds is 3. The number of benzene rings is 1. The summed E-state index contributed by atoms with van der Waals surface area (Å²) in [7, 11) is 0. The Hall–Kier alpha value is -1.97. The standard InChI is InChI=1S/C13H12F2N2/c1-2-17(11-5-3-4-10(14)8-11)12-6-7-16-13(15)9-12/h3-9H,2H2,1H3. The van der Waals surface area contributed by atoms with Crippen LogP contribution < -0.4 is 4.90 Å². The zero-order valence-electron chi connectivity index (χ0n) is 9.40. The van der Waals surface area contributed by atoms with Crippen LogP contribution in [0.2, 0.25) is 0 Å². The minimum atomic E-state index is -0.544. The molecule has 2 rings (SSSR count). The summed E-state index contributed by atoms with van der Waals surface area (Å²) >= 11 is 0. The van der Waals surface area contributed by atoms with E-state index >= 15 is 0 Å². The van der Waals surface area contributed by atoms with Crippen molar-refractivity contribution in [2.45, 2.75) is 6.92 Å². The zero-order valence-corrected chi connectivity index (χ0v) is 9.40. The summed E-state index contributed by atoms with van der Waals surface area (Å²) in [6, 6.07) is 9.23. The van der Waals surface area contributed by atoms with E-state index in [2.05, 4.69) is 4.98 Å². The Labute approximate surface area is 98.5 Å². The molecule has 2 nitrogen and oxygen atoms in total. The number of hydrogen-bond acceptors (Lipinski definition) is 2. The van der Waals surface area contributed by atoms with Crippen LogP contribution in [0.25, 0.3) is 0 Å². The molecule has 1 heterocycles. The van der Waals surface area contributed by atoms with Gasteiger partial charge in [-0.3, -0.25) is 0 Å². The van der Waals surface area contributed by atoms with Crippen LogP contribution in [0.4, 0.5) is 20.2 Å². The monoisotopic (exact) mass is 234 g/mol. The Kier molecular flexibility index (Phi) is 3.32. The molecule has 0 atom stereocenters. The lowest BCUT2D eigenvalue weighted by atomic mass is 10.2. The fourth-order valence-electron chi connectivity index (χ4n) is 1.72. The number of hydrogen-bond donors (Lipinski definition) is 0. The van der Waals surface area contributed by atoms with Crippen LogP contribution in [0, 0.1) is 11.8 Å².